The molecule has 4 aromatic rings. The molecule has 0 unspecified atom stereocenters. The maximum atomic E-state index is 12.4. The summed E-state index contributed by atoms with van der Waals surface area (Å²) in [6.45, 7) is 6.06. The Morgan fingerprint density at radius 3 is 2.57 bits per heavy atom. The van der Waals surface area contributed by atoms with E-state index >= 15 is 0 Å². The molecule has 4 rings (SSSR count). The Hall–Kier alpha value is -2.93. The van der Waals surface area contributed by atoms with Crippen LogP contribution in [0.4, 0.5) is 5.69 Å². The SMILES string of the molecule is Cc1cc(C)c(NC(=O)CSc2nnc3c4ccccc4n(C)c3n2)c(C)c1. The molecule has 1 N–H and O–H groups in total. The van der Waals surface area contributed by atoms with Crippen molar-refractivity contribution in [3.05, 3.63) is 53.1 Å². The highest BCUT2D eigenvalue weighted by Gasteiger charge is 2.14. The molecule has 0 atom stereocenters. The van der Waals surface area contributed by atoms with Crippen molar-refractivity contribution in [2.75, 3.05) is 11.1 Å². The van der Waals surface area contributed by atoms with Gasteiger partial charge in [-0.1, -0.05) is 47.7 Å². The highest BCUT2D eigenvalue weighted by atomic mass is 32.2. The highest BCUT2D eigenvalue weighted by Crippen LogP contribution is 2.26. The molecule has 2 heterocycles. The van der Waals surface area contributed by atoms with Gasteiger partial charge in [-0.15, -0.1) is 10.2 Å². The van der Waals surface area contributed by atoms with Crippen LogP contribution in [-0.2, 0) is 11.8 Å². The number of benzene rings is 2. The zero-order chi connectivity index (χ0) is 19.8. The Morgan fingerprint density at radius 2 is 1.82 bits per heavy atom. The minimum Gasteiger partial charge on any atom is -0.327 e. The van der Waals surface area contributed by atoms with Crippen LogP contribution in [0.1, 0.15) is 16.7 Å². The van der Waals surface area contributed by atoms with Crippen molar-refractivity contribution in [1.29, 1.82) is 0 Å². The lowest BCUT2D eigenvalue weighted by Crippen LogP contribution is -2.16. The van der Waals surface area contributed by atoms with Gasteiger partial charge >= 0.3 is 0 Å². The van der Waals surface area contributed by atoms with Crippen LogP contribution in [0.3, 0.4) is 0 Å². The molecule has 0 spiro atoms. The number of carbonyl (C=O) groups excluding carboxylic acids is 1. The second-order valence-electron chi connectivity index (χ2n) is 6.95. The Balaban J connectivity index is 1.52. The highest BCUT2D eigenvalue weighted by molar-refractivity contribution is 7.99. The monoisotopic (exact) mass is 391 g/mol. The Morgan fingerprint density at radius 1 is 1.11 bits per heavy atom. The molecule has 0 bridgehead atoms. The van der Waals surface area contributed by atoms with Gasteiger partial charge in [-0.05, 0) is 38.0 Å². The van der Waals surface area contributed by atoms with E-state index in [0.29, 0.717) is 5.16 Å². The van der Waals surface area contributed by atoms with Gasteiger partial charge < -0.3 is 9.88 Å². The van der Waals surface area contributed by atoms with E-state index in [-0.39, 0.29) is 11.7 Å². The molecule has 0 fully saturated rings. The molecule has 0 saturated carbocycles. The maximum Gasteiger partial charge on any atom is 0.234 e. The average Bonchev–Trinajstić information content (AvgIpc) is 2.95. The summed E-state index contributed by atoms with van der Waals surface area (Å²) in [7, 11) is 1.96. The first kappa shape index (κ1) is 18.4. The number of hydrogen-bond donors (Lipinski definition) is 1. The topological polar surface area (TPSA) is 72.7 Å². The van der Waals surface area contributed by atoms with Crippen molar-refractivity contribution < 1.29 is 4.79 Å². The smallest absolute Gasteiger partial charge is 0.234 e. The van der Waals surface area contributed by atoms with E-state index in [4.69, 9.17) is 0 Å². The minimum absolute atomic E-state index is 0.0826. The van der Waals surface area contributed by atoms with Crippen molar-refractivity contribution in [2.24, 2.45) is 7.05 Å². The van der Waals surface area contributed by atoms with E-state index in [9.17, 15) is 4.79 Å². The fourth-order valence-corrected chi connectivity index (χ4v) is 4.12. The summed E-state index contributed by atoms with van der Waals surface area (Å²) >= 11 is 1.29. The van der Waals surface area contributed by atoms with Crippen LogP contribution < -0.4 is 5.32 Å². The Bertz CT molecular complexity index is 1190. The molecule has 1 amide bonds. The lowest BCUT2D eigenvalue weighted by molar-refractivity contribution is -0.113. The van der Waals surface area contributed by atoms with Crippen LogP contribution in [0.2, 0.25) is 0 Å². The zero-order valence-electron chi connectivity index (χ0n) is 16.3. The molecule has 0 aliphatic carbocycles. The van der Waals surface area contributed by atoms with E-state index in [1.54, 1.807) is 0 Å². The van der Waals surface area contributed by atoms with Crippen molar-refractivity contribution >= 4 is 45.4 Å². The molecule has 0 radical (unpaired) electrons. The van der Waals surface area contributed by atoms with Gasteiger partial charge in [0, 0.05) is 18.1 Å². The predicted octanol–water partition coefficient (Wildman–Crippen LogP) is 4.17. The maximum absolute atomic E-state index is 12.4. The standard InChI is InChI=1S/C21H21N5OS/c1-12-9-13(2)18(14(3)10-12)22-17(27)11-28-21-23-20-19(24-25-21)15-7-5-6-8-16(15)26(20)4/h5-10H,11H2,1-4H3,(H,22,27). The van der Waals surface area contributed by atoms with Gasteiger partial charge in [-0.2, -0.15) is 0 Å². The van der Waals surface area contributed by atoms with Crippen molar-refractivity contribution in [2.45, 2.75) is 25.9 Å². The molecular weight excluding hydrogens is 370 g/mol. The van der Waals surface area contributed by atoms with E-state index in [1.165, 1.54) is 17.3 Å². The molecule has 2 aromatic carbocycles. The number of nitrogens with one attached hydrogen (secondary N) is 1. The normalized spacial score (nSPS) is 11.3. The third-order valence-corrected chi connectivity index (χ3v) is 5.60. The molecule has 2 aromatic heterocycles. The minimum atomic E-state index is -0.0826. The molecule has 142 valence electrons. The molecule has 6 nitrogen and oxygen atoms in total. The summed E-state index contributed by atoms with van der Waals surface area (Å²) in [5, 5.41) is 13.1. The first-order chi connectivity index (χ1) is 13.4. The van der Waals surface area contributed by atoms with E-state index in [2.05, 4.69) is 39.6 Å². The van der Waals surface area contributed by atoms with Crippen molar-refractivity contribution in [1.82, 2.24) is 19.7 Å². The van der Waals surface area contributed by atoms with Crippen LogP contribution in [0.15, 0.2) is 41.6 Å². The van der Waals surface area contributed by atoms with Crippen LogP contribution in [0.25, 0.3) is 22.1 Å². The predicted molar refractivity (Wildman–Crippen MR) is 114 cm³/mol. The van der Waals surface area contributed by atoms with Crippen molar-refractivity contribution in [3.63, 3.8) is 0 Å². The molecular formula is C21H21N5OS. The number of para-hydroxylation sites is 1. The number of rotatable bonds is 4. The average molecular weight is 392 g/mol. The van der Waals surface area contributed by atoms with Gasteiger partial charge in [0.25, 0.3) is 0 Å². The molecule has 0 aliphatic heterocycles. The molecule has 28 heavy (non-hydrogen) atoms. The van der Waals surface area contributed by atoms with Crippen LogP contribution in [0.5, 0.6) is 0 Å². The van der Waals surface area contributed by atoms with Crippen LogP contribution in [-0.4, -0.2) is 31.4 Å². The largest absolute Gasteiger partial charge is 0.327 e. The number of thioether (sulfide) groups is 1. The number of amides is 1. The summed E-state index contributed by atoms with van der Waals surface area (Å²) in [5.41, 5.74) is 6.78. The third-order valence-electron chi connectivity index (χ3n) is 4.76. The molecule has 7 heteroatoms. The molecule has 0 aliphatic rings. The van der Waals surface area contributed by atoms with E-state index in [0.717, 1.165) is 38.9 Å². The first-order valence-electron chi connectivity index (χ1n) is 9.02. The van der Waals surface area contributed by atoms with Gasteiger partial charge in [0.1, 0.15) is 5.52 Å². The summed E-state index contributed by atoms with van der Waals surface area (Å²) in [4.78, 5) is 17.0. The van der Waals surface area contributed by atoms with Crippen LogP contribution >= 0.6 is 11.8 Å². The number of carbonyl (C=O) groups is 1. The number of aryl methyl sites for hydroxylation is 4. The lowest BCUT2D eigenvalue weighted by Gasteiger charge is -2.12. The van der Waals surface area contributed by atoms with E-state index < -0.39 is 0 Å². The fourth-order valence-electron chi connectivity index (χ4n) is 3.54. The number of anilines is 1. The number of fused-ring (bicyclic) bond motifs is 3. The second-order valence-corrected chi connectivity index (χ2v) is 7.90. The van der Waals surface area contributed by atoms with Gasteiger partial charge in [-0.3, -0.25) is 4.79 Å². The number of nitrogens with zero attached hydrogens (tertiary/aromatic N) is 4. The van der Waals surface area contributed by atoms with Gasteiger partial charge in [0.2, 0.25) is 11.1 Å². The van der Waals surface area contributed by atoms with Gasteiger partial charge in [-0.25, -0.2) is 4.98 Å². The molecule has 0 saturated heterocycles. The van der Waals surface area contributed by atoms with E-state index in [1.807, 2.05) is 49.7 Å². The third kappa shape index (κ3) is 3.33. The quantitative estimate of drug-likeness (QED) is 0.529. The fraction of sp³-hybridized carbons (Fsp3) is 0.238. The van der Waals surface area contributed by atoms with Gasteiger partial charge in [0.05, 0.1) is 11.3 Å². The first-order valence-corrected chi connectivity index (χ1v) is 10.0. The summed E-state index contributed by atoms with van der Waals surface area (Å²) in [6.07, 6.45) is 0. The number of aromatic nitrogens is 4. The summed E-state index contributed by atoms with van der Waals surface area (Å²) in [6, 6.07) is 12.1. The summed E-state index contributed by atoms with van der Waals surface area (Å²) in [5.74, 6) is 0.143. The van der Waals surface area contributed by atoms with Crippen molar-refractivity contribution in [3.8, 4) is 0 Å². The number of hydrogen-bond acceptors (Lipinski definition) is 5. The summed E-state index contributed by atoms with van der Waals surface area (Å²) < 4.78 is 2.00. The Kier molecular flexibility index (Phi) is 4.77. The Labute approximate surface area is 167 Å². The van der Waals surface area contributed by atoms with Crippen LogP contribution in [0, 0.1) is 20.8 Å². The van der Waals surface area contributed by atoms with Gasteiger partial charge in [0.15, 0.2) is 5.65 Å². The zero-order valence-corrected chi connectivity index (χ0v) is 17.1. The lowest BCUT2D eigenvalue weighted by atomic mass is 10.1. The second kappa shape index (κ2) is 7.24.